The van der Waals surface area contributed by atoms with Crippen molar-refractivity contribution in [2.45, 2.75) is 71.1 Å². The standard InChI is InChI=1S/C26H49N2O6P/c1-5-6-7-8-9-10-11-12-13-14-15-16-17-18-19-21-27-26(29)32-23-20-24-33-35(30,31)34-25-22-28(2,3)4/h6-7,9-10,12-13H,5,8,11,14-25H2,1-4H3,(H-,27,29,30,31)/p+1. The lowest BCUT2D eigenvalue weighted by Gasteiger charge is -2.24. The summed E-state index contributed by atoms with van der Waals surface area (Å²) in [5.74, 6) is 0. The number of likely N-dealkylation sites (N-methyl/N-ethyl adjacent to an activating group) is 1. The van der Waals surface area contributed by atoms with Crippen LogP contribution in [0.25, 0.3) is 0 Å². The van der Waals surface area contributed by atoms with Gasteiger partial charge in [0.05, 0.1) is 34.4 Å². The second kappa shape index (κ2) is 21.8. The van der Waals surface area contributed by atoms with E-state index in [2.05, 4.69) is 48.7 Å². The first-order chi connectivity index (χ1) is 16.7. The van der Waals surface area contributed by atoms with Crippen LogP contribution in [0, 0.1) is 0 Å². The molecule has 0 aliphatic rings. The first kappa shape index (κ1) is 33.6. The van der Waals surface area contributed by atoms with Crippen LogP contribution in [0.15, 0.2) is 36.5 Å². The Kier molecular flexibility index (Phi) is 20.9. The van der Waals surface area contributed by atoms with Gasteiger partial charge in [-0.15, -0.1) is 0 Å². The van der Waals surface area contributed by atoms with Crippen LogP contribution in [0.5, 0.6) is 0 Å². The number of nitrogens with zero attached hydrogens (tertiary/aromatic N) is 1. The van der Waals surface area contributed by atoms with Crippen molar-refractivity contribution >= 4 is 13.9 Å². The number of hydrogen-bond donors (Lipinski definition) is 2. The minimum absolute atomic E-state index is 0.0199. The van der Waals surface area contributed by atoms with Crippen LogP contribution in [0.4, 0.5) is 4.79 Å². The van der Waals surface area contributed by atoms with E-state index in [1.807, 2.05) is 21.1 Å². The highest BCUT2D eigenvalue weighted by Crippen LogP contribution is 2.43. The van der Waals surface area contributed by atoms with Gasteiger partial charge in [0.25, 0.3) is 0 Å². The van der Waals surface area contributed by atoms with Crippen LogP contribution in [-0.4, -0.2) is 69.5 Å². The molecule has 0 saturated carbocycles. The number of carbonyl (C=O) groups excluding carboxylic acids is 1. The van der Waals surface area contributed by atoms with Crippen molar-refractivity contribution in [1.82, 2.24) is 5.32 Å². The lowest BCUT2D eigenvalue weighted by atomic mass is 10.1. The Balaban J connectivity index is 3.50. The van der Waals surface area contributed by atoms with Crippen LogP contribution in [0.1, 0.15) is 71.1 Å². The summed E-state index contributed by atoms with van der Waals surface area (Å²) >= 11 is 0. The lowest BCUT2D eigenvalue weighted by molar-refractivity contribution is -0.870. The summed E-state index contributed by atoms with van der Waals surface area (Å²) in [6.45, 7) is 3.54. The fourth-order valence-corrected chi connectivity index (χ4v) is 3.60. The highest BCUT2D eigenvalue weighted by Gasteiger charge is 2.22. The van der Waals surface area contributed by atoms with Crippen LogP contribution in [-0.2, 0) is 18.3 Å². The molecule has 35 heavy (non-hydrogen) atoms. The van der Waals surface area contributed by atoms with Crippen molar-refractivity contribution in [3.63, 3.8) is 0 Å². The summed E-state index contributed by atoms with van der Waals surface area (Å²) in [6, 6.07) is 0. The number of unbranched alkanes of at least 4 members (excludes halogenated alkanes) is 5. The molecule has 0 aromatic rings. The number of rotatable bonds is 22. The summed E-state index contributed by atoms with van der Waals surface area (Å²) in [5.41, 5.74) is 0. The van der Waals surface area contributed by atoms with Crippen LogP contribution < -0.4 is 5.32 Å². The molecule has 9 heteroatoms. The Labute approximate surface area is 213 Å². The van der Waals surface area contributed by atoms with Gasteiger partial charge in [-0.1, -0.05) is 62.6 Å². The van der Waals surface area contributed by atoms with Crippen LogP contribution in [0.3, 0.4) is 0 Å². The fraction of sp³-hybridized carbons (Fsp3) is 0.731. The molecule has 0 heterocycles. The van der Waals surface area contributed by atoms with E-state index in [4.69, 9.17) is 13.8 Å². The number of quaternary nitrogens is 1. The molecule has 0 fully saturated rings. The molecule has 0 aliphatic heterocycles. The Morgan fingerprint density at radius 3 is 2.11 bits per heavy atom. The molecule has 2 N–H and O–H groups in total. The van der Waals surface area contributed by atoms with E-state index in [0.717, 1.165) is 44.9 Å². The first-order valence-electron chi connectivity index (χ1n) is 12.9. The van der Waals surface area contributed by atoms with E-state index >= 15 is 0 Å². The fourth-order valence-electron chi connectivity index (χ4n) is 2.86. The molecule has 0 spiro atoms. The minimum atomic E-state index is -4.06. The van der Waals surface area contributed by atoms with Gasteiger partial charge in [0.1, 0.15) is 13.2 Å². The Morgan fingerprint density at radius 1 is 0.829 bits per heavy atom. The number of allylic oxidation sites excluding steroid dienone is 6. The number of ether oxygens (including phenoxy) is 1. The molecule has 0 rings (SSSR count). The number of alkyl carbamates (subject to hydrolysis) is 1. The Hall–Kier alpha value is -1.44. The predicted octanol–water partition coefficient (Wildman–Crippen LogP) is 6.14. The van der Waals surface area contributed by atoms with E-state index in [1.54, 1.807) is 0 Å². The summed E-state index contributed by atoms with van der Waals surface area (Å²) in [7, 11) is 1.82. The van der Waals surface area contributed by atoms with Gasteiger partial charge >= 0.3 is 13.9 Å². The molecule has 1 unspecified atom stereocenters. The highest BCUT2D eigenvalue weighted by atomic mass is 31.2. The highest BCUT2D eigenvalue weighted by molar-refractivity contribution is 7.47. The maximum atomic E-state index is 11.7. The molecular formula is C26H50N2O6P+. The molecule has 204 valence electrons. The van der Waals surface area contributed by atoms with Crippen molar-refractivity contribution in [2.75, 3.05) is 54.1 Å². The number of amides is 1. The van der Waals surface area contributed by atoms with Crippen molar-refractivity contribution in [3.8, 4) is 0 Å². The number of phosphoric acid groups is 1. The van der Waals surface area contributed by atoms with Gasteiger partial charge in [-0.05, 0) is 38.5 Å². The van der Waals surface area contributed by atoms with Gasteiger partial charge in [-0.2, -0.15) is 0 Å². The van der Waals surface area contributed by atoms with Crippen molar-refractivity contribution in [2.24, 2.45) is 0 Å². The van der Waals surface area contributed by atoms with E-state index in [0.29, 0.717) is 24.0 Å². The molecule has 1 atom stereocenters. The van der Waals surface area contributed by atoms with Crippen molar-refractivity contribution in [1.29, 1.82) is 0 Å². The number of hydrogen-bond acceptors (Lipinski definition) is 5. The van der Waals surface area contributed by atoms with Gasteiger partial charge < -0.3 is 19.4 Å². The van der Waals surface area contributed by atoms with Gasteiger partial charge in [0.15, 0.2) is 0 Å². The summed E-state index contributed by atoms with van der Waals surface area (Å²) in [4.78, 5) is 21.3. The van der Waals surface area contributed by atoms with E-state index < -0.39 is 13.9 Å². The maximum Gasteiger partial charge on any atom is 0.472 e. The third-order valence-corrected chi connectivity index (χ3v) is 5.91. The molecule has 0 bridgehead atoms. The quantitative estimate of drug-likeness (QED) is 0.0775. The third kappa shape index (κ3) is 27.0. The zero-order valence-corrected chi connectivity index (χ0v) is 23.3. The zero-order chi connectivity index (χ0) is 26.3. The third-order valence-electron chi connectivity index (χ3n) is 4.89. The summed E-state index contributed by atoms with van der Waals surface area (Å²) < 4.78 is 27.2. The largest absolute Gasteiger partial charge is 0.472 e. The van der Waals surface area contributed by atoms with Gasteiger partial charge in [0.2, 0.25) is 0 Å². The van der Waals surface area contributed by atoms with Crippen molar-refractivity contribution in [3.05, 3.63) is 36.5 Å². The van der Waals surface area contributed by atoms with Gasteiger partial charge in [-0.25, -0.2) is 9.36 Å². The molecular weight excluding hydrogens is 467 g/mol. The molecule has 0 aliphatic carbocycles. The Bertz CT molecular complexity index is 659. The predicted molar refractivity (Wildman–Crippen MR) is 143 cm³/mol. The number of phosphoric ester groups is 1. The first-order valence-corrected chi connectivity index (χ1v) is 14.4. The molecule has 0 aromatic heterocycles. The average Bonchev–Trinajstić information content (AvgIpc) is 2.77. The topological polar surface area (TPSA) is 94.1 Å². The van der Waals surface area contributed by atoms with Gasteiger partial charge in [-0.3, -0.25) is 9.05 Å². The summed E-state index contributed by atoms with van der Waals surface area (Å²) in [5, 5.41) is 2.72. The average molecular weight is 518 g/mol. The summed E-state index contributed by atoms with van der Waals surface area (Å²) in [6.07, 6.45) is 22.9. The van der Waals surface area contributed by atoms with Gasteiger partial charge in [0, 0.05) is 13.0 Å². The van der Waals surface area contributed by atoms with Crippen molar-refractivity contribution < 1.29 is 32.5 Å². The molecule has 0 aromatic carbocycles. The molecule has 0 radical (unpaired) electrons. The SMILES string of the molecule is CCC=CCC=CCC=CCCCCCCCNC(=O)OCCCOP(=O)(O)OCC[N+](C)(C)C. The molecule has 0 saturated heterocycles. The zero-order valence-electron chi connectivity index (χ0n) is 22.5. The minimum Gasteiger partial charge on any atom is -0.449 e. The van der Waals surface area contributed by atoms with E-state index in [1.165, 1.54) is 12.8 Å². The van der Waals surface area contributed by atoms with E-state index in [9.17, 15) is 14.3 Å². The Morgan fingerprint density at radius 2 is 1.43 bits per heavy atom. The second-order valence-corrected chi connectivity index (χ2v) is 10.9. The maximum absolute atomic E-state index is 11.7. The number of nitrogens with one attached hydrogen (secondary N) is 1. The molecule has 1 amide bonds. The monoisotopic (exact) mass is 517 g/mol. The lowest BCUT2D eigenvalue weighted by Crippen LogP contribution is -2.37. The normalized spacial score (nSPS) is 14.2. The van der Waals surface area contributed by atoms with Crippen LogP contribution in [0.2, 0.25) is 0 Å². The molecule has 8 nitrogen and oxygen atoms in total. The second-order valence-electron chi connectivity index (χ2n) is 9.42. The van der Waals surface area contributed by atoms with Crippen LogP contribution >= 0.6 is 7.82 Å². The number of carbonyl (C=O) groups is 1. The van der Waals surface area contributed by atoms with E-state index in [-0.39, 0.29) is 19.8 Å². The smallest absolute Gasteiger partial charge is 0.449 e.